The zero-order valence-electron chi connectivity index (χ0n) is 14.3. The maximum atomic E-state index is 12.2. The summed E-state index contributed by atoms with van der Waals surface area (Å²) in [7, 11) is 0. The van der Waals surface area contributed by atoms with E-state index in [4.69, 9.17) is 10.5 Å². The quantitative estimate of drug-likeness (QED) is 0.720. The summed E-state index contributed by atoms with van der Waals surface area (Å²) in [5, 5.41) is 4.56. The Morgan fingerprint density at radius 2 is 2.08 bits per heavy atom. The minimum absolute atomic E-state index is 0.231. The second kappa shape index (κ2) is 8.26. The zero-order chi connectivity index (χ0) is 18.6. The number of esters is 1. The van der Waals surface area contributed by atoms with Crippen molar-refractivity contribution >= 4 is 45.5 Å². The Hall–Kier alpha value is -2.19. The number of hydrogen-bond donors (Lipinski definition) is 2. The molecule has 0 spiro atoms. The van der Waals surface area contributed by atoms with Gasteiger partial charge in [0, 0.05) is 4.88 Å². The van der Waals surface area contributed by atoms with Gasteiger partial charge in [0.05, 0.1) is 5.56 Å². The van der Waals surface area contributed by atoms with Gasteiger partial charge in [-0.3, -0.25) is 9.59 Å². The molecule has 2 heterocycles. The number of aryl methyl sites for hydroxylation is 2. The van der Waals surface area contributed by atoms with E-state index in [1.165, 1.54) is 35.7 Å². The van der Waals surface area contributed by atoms with Crippen LogP contribution in [0.4, 0.5) is 5.00 Å². The number of anilines is 1. The van der Waals surface area contributed by atoms with Gasteiger partial charge in [-0.15, -0.1) is 22.7 Å². The molecule has 2 aromatic heterocycles. The molecule has 0 aromatic carbocycles. The Morgan fingerprint density at radius 1 is 1.36 bits per heavy atom. The number of carbonyl (C=O) groups is 3. The Bertz CT molecular complexity index is 794. The smallest absolute Gasteiger partial charge is 0.349 e. The molecule has 2 aromatic rings. The molecule has 6 nitrogen and oxygen atoms in total. The fourth-order valence-electron chi connectivity index (χ4n) is 2.22. The van der Waals surface area contributed by atoms with Gasteiger partial charge in [-0.25, -0.2) is 4.79 Å². The normalized spacial score (nSPS) is 11.8. The zero-order valence-corrected chi connectivity index (χ0v) is 15.9. The van der Waals surface area contributed by atoms with Crippen LogP contribution in [-0.4, -0.2) is 23.9 Å². The lowest BCUT2D eigenvalue weighted by atomic mass is 10.1. The Morgan fingerprint density at radius 3 is 2.72 bits per heavy atom. The first-order chi connectivity index (χ1) is 11.8. The van der Waals surface area contributed by atoms with E-state index in [1.54, 1.807) is 5.38 Å². The molecule has 0 aliphatic carbocycles. The first-order valence-corrected chi connectivity index (χ1v) is 9.51. The van der Waals surface area contributed by atoms with Crippen molar-refractivity contribution in [2.45, 2.75) is 39.7 Å². The van der Waals surface area contributed by atoms with Gasteiger partial charge in [-0.05, 0) is 43.3 Å². The highest BCUT2D eigenvalue weighted by atomic mass is 32.1. The lowest BCUT2D eigenvalue weighted by Gasteiger charge is -2.12. The number of thiophene rings is 2. The first kappa shape index (κ1) is 19.1. The first-order valence-electron chi connectivity index (χ1n) is 7.81. The van der Waals surface area contributed by atoms with Crippen molar-refractivity contribution in [3.05, 3.63) is 38.4 Å². The topological polar surface area (TPSA) is 98.5 Å². The number of carbonyl (C=O) groups excluding carboxylic acids is 3. The molecule has 0 aliphatic rings. The average molecular weight is 380 g/mol. The van der Waals surface area contributed by atoms with E-state index < -0.39 is 23.9 Å². The van der Waals surface area contributed by atoms with Crippen LogP contribution < -0.4 is 11.1 Å². The van der Waals surface area contributed by atoms with Gasteiger partial charge in [-0.2, -0.15) is 0 Å². The highest BCUT2D eigenvalue weighted by Crippen LogP contribution is 2.25. The lowest BCUT2D eigenvalue weighted by Crippen LogP contribution is -2.30. The van der Waals surface area contributed by atoms with Gasteiger partial charge >= 0.3 is 5.97 Å². The molecule has 1 unspecified atom stereocenters. The molecule has 0 bridgehead atoms. The molecule has 8 heteroatoms. The highest BCUT2D eigenvalue weighted by Gasteiger charge is 2.22. The van der Waals surface area contributed by atoms with Crippen molar-refractivity contribution in [3.8, 4) is 0 Å². The van der Waals surface area contributed by atoms with E-state index >= 15 is 0 Å². The van der Waals surface area contributed by atoms with Gasteiger partial charge in [0.15, 0.2) is 6.10 Å². The maximum Gasteiger partial charge on any atom is 0.349 e. The fourth-order valence-corrected chi connectivity index (χ4v) is 3.97. The minimum atomic E-state index is -0.993. The number of hydrogen-bond acceptors (Lipinski definition) is 6. The molecule has 0 radical (unpaired) electrons. The van der Waals surface area contributed by atoms with Crippen molar-refractivity contribution < 1.29 is 19.1 Å². The molecule has 0 saturated heterocycles. The van der Waals surface area contributed by atoms with Crippen LogP contribution in [0.3, 0.4) is 0 Å². The van der Waals surface area contributed by atoms with Crippen LogP contribution in [0.5, 0.6) is 0 Å². The predicted octanol–water partition coefficient (Wildman–Crippen LogP) is 3.35. The third kappa shape index (κ3) is 4.67. The van der Waals surface area contributed by atoms with Gasteiger partial charge in [0.1, 0.15) is 9.88 Å². The summed E-state index contributed by atoms with van der Waals surface area (Å²) in [4.78, 5) is 37.3. The number of nitrogens with two attached hydrogens (primary N) is 1. The van der Waals surface area contributed by atoms with Gasteiger partial charge in [-0.1, -0.05) is 13.3 Å². The van der Waals surface area contributed by atoms with E-state index in [2.05, 4.69) is 12.2 Å². The van der Waals surface area contributed by atoms with Crippen molar-refractivity contribution in [1.29, 1.82) is 0 Å². The third-order valence-electron chi connectivity index (χ3n) is 3.56. The molecule has 25 heavy (non-hydrogen) atoms. The molecule has 134 valence electrons. The van der Waals surface area contributed by atoms with Crippen LogP contribution in [0.1, 0.15) is 50.7 Å². The standard InChI is InChI=1S/C17H20N2O4S2/c1-4-5-11-8-13(25-10(11)3)17(22)23-9(2)15(21)19-16-12(14(18)20)6-7-24-16/h6-9H,4-5H2,1-3H3,(H2,18,20)(H,19,21). The van der Waals surface area contributed by atoms with Crippen molar-refractivity contribution in [2.24, 2.45) is 5.73 Å². The van der Waals surface area contributed by atoms with Gasteiger partial charge < -0.3 is 15.8 Å². The number of nitrogens with one attached hydrogen (secondary N) is 1. The van der Waals surface area contributed by atoms with Crippen molar-refractivity contribution in [2.75, 3.05) is 5.32 Å². The molecule has 0 aliphatic heterocycles. The lowest BCUT2D eigenvalue weighted by molar-refractivity contribution is -0.123. The summed E-state index contributed by atoms with van der Waals surface area (Å²) in [5.74, 6) is -1.67. The molecule has 0 saturated carbocycles. The third-order valence-corrected chi connectivity index (χ3v) is 5.46. The van der Waals surface area contributed by atoms with E-state index in [9.17, 15) is 14.4 Å². The fraction of sp³-hybridized carbons (Fsp3) is 0.353. The monoisotopic (exact) mass is 380 g/mol. The van der Waals surface area contributed by atoms with Gasteiger partial charge in [0.2, 0.25) is 0 Å². The van der Waals surface area contributed by atoms with Crippen LogP contribution in [0.15, 0.2) is 17.5 Å². The van der Waals surface area contributed by atoms with E-state index in [0.717, 1.165) is 23.3 Å². The Kier molecular flexibility index (Phi) is 6.33. The van der Waals surface area contributed by atoms with Crippen LogP contribution in [0.25, 0.3) is 0 Å². The summed E-state index contributed by atoms with van der Waals surface area (Å²) >= 11 is 2.54. The molecule has 0 fully saturated rings. The minimum Gasteiger partial charge on any atom is -0.448 e. The van der Waals surface area contributed by atoms with Gasteiger partial charge in [0.25, 0.3) is 11.8 Å². The van der Waals surface area contributed by atoms with Crippen LogP contribution >= 0.6 is 22.7 Å². The SMILES string of the molecule is CCCc1cc(C(=O)OC(C)C(=O)Nc2sccc2C(N)=O)sc1C. The largest absolute Gasteiger partial charge is 0.448 e. The Balaban J connectivity index is 2.00. The van der Waals surface area contributed by atoms with Crippen LogP contribution in [-0.2, 0) is 16.0 Å². The number of rotatable bonds is 7. The number of ether oxygens (including phenoxy) is 1. The molecular weight excluding hydrogens is 360 g/mol. The second-order valence-electron chi connectivity index (χ2n) is 5.51. The maximum absolute atomic E-state index is 12.2. The van der Waals surface area contributed by atoms with Crippen molar-refractivity contribution in [1.82, 2.24) is 0 Å². The molecule has 2 amide bonds. The van der Waals surface area contributed by atoms with E-state index in [0.29, 0.717) is 9.88 Å². The average Bonchev–Trinajstić information content (AvgIpc) is 3.15. The van der Waals surface area contributed by atoms with Crippen LogP contribution in [0.2, 0.25) is 0 Å². The van der Waals surface area contributed by atoms with E-state index in [-0.39, 0.29) is 5.56 Å². The molecular formula is C17H20N2O4S2. The number of primary amides is 1. The highest BCUT2D eigenvalue weighted by molar-refractivity contribution is 7.15. The predicted molar refractivity (Wildman–Crippen MR) is 99.4 cm³/mol. The summed E-state index contributed by atoms with van der Waals surface area (Å²) in [6.45, 7) is 5.52. The van der Waals surface area contributed by atoms with Crippen molar-refractivity contribution in [3.63, 3.8) is 0 Å². The summed E-state index contributed by atoms with van der Waals surface area (Å²) < 4.78 is 5.24. The molecule has 3 N–H and O–H groups in total. The Labute approximate surface area is 154 Å². The van der Waals surface area contributed by atoms with E-state index in [1.807, 2.05) is 13.0 Å². The summed E-state index contributed by atoms with van der Waals surface area (Å²) in [6, 6.07) is 3.35. The molecule has 1 atom stereocenters. The van der Waals surface area contributed by atoms with Crippen LogP contribution in [0, 0.1) is 6.92 Å². The molecule has 2 rings (SSSR count). The summed E-state index contributed by atoms with van der Waals surface area (Å²) in [6.07, 6.45) is 0.903. The number of amides is 2. The second-order valence-corrected chi connectivity index (χ2v) is 7.68. The summed E-state index contributed by atoms with van der Waals surface area (Å²) in [5.41, 5.74) is 6.60.